The lowest BCUT2D eigenvalue weighted by Gasteiger charge is -2.39. The highest BCUT2D eigenvalue weighted by atomic mass is 32.1. The van der Waals surface area contributed by atoms with Gasteiger partial charge in [0.15, 0.2) is 0 Å². The molecule has 1 atom stereocenters. The normalized spacial score (nSPS) is 17.9. The van der Waals surface area contributed by atoms with Gasteiger partial charge in [-0.3, -0.25) is 14.4 Å². The van der Waals surface area contributed by atoms with Crippen molar-refractivity contribution in [1.82, 2.24) is 15.1 Å². The molecule has 1 spiro atoms. The van der Waals surface area contributed by atoms with Crippen molar-refractivity contribution in [2.24, 2.45) is 5.41 Å². The van der Waals surface area contributed by atoms with E-state index in [-0.39, 0.29) is 23.1 Å². The Morgan fingerprint density at radius 2 is 1.81 bits per heavy atom. The number of nitrogens with zero attached hydrogens (tertiary/aromatic N) is 2. The highest BCUT2D eigenvalue weighted by Gasteiger charge is 2.43. The first-order valence-corrected chi connectivity index (χ1v) is 13.5. The molecule has 0 saturated carbocycles. The quantitative estimate of drug-likeness (QED) is 0.550. The number of likely N-dealkylation sites (tertiary alicyclic amines) is 2. The number of carbonyl (C=O) groups is 3. The van der Waals surface area contributed by atoms with Gasteiger partial charge >= 0.3 is 0 Å². The summed E-state index contributed by atoms with van der Waals surface area (Å²) in [6, 6.07) is 11.1. The largest absolute Gasteiger partial charge is 0.493 e. The highest BCUT2D eigenvalue weighted by molar-refractivity contribution is 7.09. The van der Waals surface area contributed by atoms with Crippen molar-refractivity contribution in [3.63, 3.8) is 0 Å². The lowest BCUT2D eigenvalue weighted by Crippen LogP contribution is -2.50. The Morgan fingerprint density at radius 1 is 1.08 bits per heavy atom. The van der Waals surface area contributed by atoms with E-state index in [1.807, 2.05) is 64.6 Å². The predicted molar refractivity (Wildman–Crippen MR) is 142 cm³/mol. The summed E-state index contributed by atoms with van der Waals surface area (Å²) >= 11 is 1.60. The van der Waals surface area contributed by atoms with Crippen molar-refractivity contribution in [1.29, 1.82) is 0 Å². The molecule has 2 saturated heterocycles. The van der Waals surface area contributed by atoms with Crippen LogP contribution < -0.4 is 10.1 Å². The van der Waals surface area contributed by atoms with Crippen molar-refractivity contribution >= 4 is 35.1 Å². The number of benzene rings is 1. The molecule has 4 rings (SSSR count). The number of amides is 3. The van der Waals surface area contributed by atoms with E-state index in [0.29, 0.717) is 39.2 Å². The number of piperidine rings is 1. The van der Waals surface area contributed by atoms with Gasteiger partial charge in [-0.15, -0.1) is 11.3 Å². The molecule has 0 radical (unpaired) electrons. The summed E-state index contributed by atoms with van der Waals surface area (Å²) in [6.45, 7) is 6.72. The standard InChI is InChI=1S/C28H35N3O4S/c1-3-35-25-9-5-4-7-22(25)10-11-26(33)30-15-12-28(13-16-30)14-17-31(20-28)27(34)24(29-21(2)32)19-23-8-6-18-36-23/h4-11,18,24H,3,12-17,19-20H2,1-2H3,(H,29,32). The van der Waals surface area contributed by atoms with Gasteiger partial charge in [0, 0.05) is 56.0 Å². The summed E-state index contributed by atoms with van der Waals surface area (Å²) in [5.41, 5.74) is 0.934. The number of hydrogen-bond acceptors (Lipinski definition) is 5. The molecule has 192 valence electrons. The second-order valence-corrected chi connectivity index (χ2v) is 10.7. The second-order valence-electron chi connectivity index (χ2n) is 9.68. The van der Waals surface area contributed by atoms with E-state index >= 15 is 0 Å². The summed E-state index contributed by atoms with van der Waals surface area (Å²) in [6.07, 6.45) is 6.65. The minimum absolute atomic E-state index is 0.00347. The Kier molecular flexibility index (Phi) is 8.46. The van der Waals surface area contributed by atoms with E-state index in [0.717, 1.165) is 35.5 Å². The zero-order chi connectivity index (χ0) is 25.5. The first-order valence-electron chi connectivity index (χ1n) is 12.7. The van der Waals surface area contributed by atoms with E-state index in [9.17, 15) is 14.4 Å². The maximum absolute atomic E-state index is 13.3. The van der Waals surface area contributed by atoms with Crippen LogP contribution in [-0.4, -0.2) is 66.3 Å². The van der Waals surface area contributed by atoms with E-state index in [1.54, 1.807) is 17.4 Å². The third kappa shape index (κ3) is 6.35. The Morgan fingerprint density at radius 3 is 2.47 bits per heavy atom. The van der Waals surface area contributed by atoms with E-state index in [4.69, 9.17) is 4.74 Å². The SMILES string of the molecule is CCOc1ccccc1C=CC(=O)N1CCC2(CC1)CCN(C(=O)C(Cc1cccs1)NC(C)=O)C2. The zero-order valence-corrected chi connectivity index (χ0v) is 21.9. The van der Waals surface area contributed by atoms with Crippen LogP contribution in [0.5, 0.6) is 5.75 Å². The topological polar surface area (TPSA) is 79.0 Å². The number of rotatable bonds is 8. The lowest BCUT2D eigenvalue weighted by atomic mass is 9.77. The van der Waals surface area contributed by atoms with Crippen molar-refractivity contribution in [2.45, 2.75) is 45.6 Å². The second kappa shape index (κ2) is 11.7. The Balaban J connectivity index is 1.32. The maximum atomic E-state index is 13.3. The Hall–Kier alpha value is -3.13. The fraction of sp³-hybridized carbons (Fsp3) is 0.464. The van der Waals surface area contributed by atoms with Crippen LogP contribution >= 0.6 is 11.3 Å². The van der Waals surface area contributed by atoms with Crippen LogP contribution in [0.25, 0.3) is 6.08 Å². The molecule has 2 fully saturated rings. The first-order chi connectivity index (χ1) is 17.4. The van der Waals surface area contributed by atoms with Crippen LogP contribution in [0.3, 0.4) is 0 Å². The van der Waals surface area contributed by atoms with Gasteiger partial charge in [-0.1, -0.05) is 24.3 Å². The molecule has 0 bridgehead atoms. The molecule has 1 aromatic heterocycles. The minimum atomic E-state index is -0.539. The molecule has 2 aliphatic rings. The number of ether oxygens (including phenoxy) is 1. The van der Waals surface area contributed by atoms with Gasteiger partial charge in [0.1, 0.15) is 11.8 Å². The zero-order valence-electron chi connectivity index (χ0n) is 21.1. The summed E-state index contributed by atoms with van der Waals surface area (Å²) in [4.78, 5) is 42.8. The van der Waals surface area contributed by atoms with Gasteiger partial charge in [-0.25, -0.2) is 0 Å². The van der Waals surface area contributed by atoms with E-state index in [1.165, 1.54) is 6.92 Å². The van der Waals surface area contributed by atoms with Gasteiger partial charge in [0.05, 0.1) is 6.61 Å². The van der Waals surface area contributed by atoms with Crippen molar-refractivity contribution < 1.29 is 19.1 Å². The van der Waals surface area contributed by atoms with Crippen molar-refractivity contribution in [3.8, 4) is 5.75 Å². The number of nitrogens with one attached hydrogen (secondary N) is 1. The monoisotopic (exact) mass is 509 g/mol. The molecule has 3 amide bonds. The number of carbonyl (C=O) groups excluding carboxylic acids is 3. The number of hydrogen-bond donors (Lipinski definition) is 1. The number of para-hydroxylation sites is 1. The fourth-order valence-electron chi connectivity index (χ4n) is 5.20. The summed E-state index contributed by atoms with van der Waals surface area (Å²) < 4.78 is 5.64. The highest BCUT2D eigenvalue weighted by Crippen LogP contribution is 2.40. The summed E-state index contributed by atoms with van der Waals surface area (Å²) in [5.74, 6) is 0.574. The first kappa shape index (κ1) is 25.9. The lowest BCUT2D eigenvalue weighted by molar-refractivity contribution is -0.136. The molecule has 0 aliphatic carbocycles. The molecule has 2 aliphatic heterocycles. The van der Waals surface area contributed by atoms with Gasteiger partial charge in [0.2, 0.25) is 17.7 Å². The van der Waals surface area contributed by atoms with Gasteiger partial charge in [-0.05, 0) is 55.2 Å². The average molecular weight is 510 g/mol. The maximum Gasteiger partial charge on any atom is 0.246 e. The van der Waals surface area contributed by atoms with Crippen LogP contribution in [0.1, 0.15) is 43.6 Å². The molecule has 36 heavy (non-hydrogen) atoms. The van der Waals surface area contributed by atoms with Crippen LogP contribution in [0.4, 0.5) is 0 Å². The van der Waals surface area contributed by atoms with Crippen LogP contribution in [-0.2, 0) is 20.8 Å². The van der Waals surface area contributed by atoms with Crippen LogP contribution in [0, 0.1) is 5.41 Å². The number of thiophene rings is 1. The third-order valence-electron chi connectivity index (χ3n) is 7.17. The summed E-state index contributed by atoms with van der Waals surface area (Å²) in [7, 11) is 0. The fourth-order valence-corrected chi connectivity index (χ4v) is 5.95. The molecule has 7 nitrogen and oxygen atoms in total. The molecule has 8 heteroatoms. The Bertz CT molecular complexity index is 1090. The molecule has 3 heterocycles. The molecule has 1 N–H and O–H groups in total. The average Bonchev–Trinajstić information content (AvgIpc) is 3.53. The van der Waals surface area contributed by atoms with Crippen molar-refractivity contribution in [3.05, 3.63) is 58.3 Å². The Labute approximate surface area is 217 Å². The van der Waals surface area contributed by atoms with Gasteiger partial charge in [-0.2, -0.15) is 0 Å². The minimum Gasteiger partial charge on any atom is -0.493 e. The molecular formula is C28H35N3O4S. The van der Waals surface area contributed by atoms with Gasteiger partial charge < -0.3 is 19.9 Å². The van der Waals surface area contributed by atoms with Crippen molar-refractivity contribution in [2.75, 3.05) is 32.8 Å². The third-order valence-corrected chi connectivity index (χ3v) is 8.07. The van der Waals surface area contributed by atoms with Gasteiger partial charge in [0.25, 0.3) is 0 Å². The molecular weight excluding hydrogens is 474 g/mol. The molecule has 1 aromatic carbocycles. The molecule has 2 aromatic rings. The van der Waals surface area contributed by atoms with E-state index < -0.39 is 6.04 Å². The smallest absolute Gasteiger partial charge is 0.246 e. The van der Waals surface area contributed by atoms with Crippen LogP contribution in [0.2, 0.25) is 0 Å². The predicted octanol–water partition coefficient (Wildman–Crippen LogP) is 3.75. The van der Waals surface area contributed by atoms with Crippen LogP contribution in [0.15, 0.2) is 47.9 Å². The summed E-state index contributed by atoms with van der Waals surface area (Å²) in [5, 5.41) is 4.84. The molecule has 1 unspecified atom stereocenters. The van der Waals surface area contributed by atoms with E-state index in [2.05, 4.69) is 5.32 Å².